The van der Waals surface area contributed by atoms with Crippen LogP contribution >= 0.6 is 0 Å². The summed E-state index contributed by atoms with van der Waals surface area (Å²) in [4.78, 5) is 28.5. The van der Waals surface area contributed by atoms with Crippen LogP contribution in [0.3, 0.4) is 0 Å². The van der Waals surface area contributed by atoms with Crippen LogP contribution in [0.5, 0.6) is 0 Å². The largest absolute Gasteiger partial charge is 0.448 e. The molecular weight excluding hydrogens is 258 g/mol. The van der Waals surface area contributed by atoms with Crippen LogP contribution in [0.1, 0.15) is 54.4 Å². The summed E-state index contributed by atoms with van der Waals surface area (Å²) in [6, 6.07) is 0. The van der Waals surface area contributed by atoms with Gasteiger partial charge in [-0.15, -0.1) is 5.06 Å². The van der Waals surface area contributed by atoms with Crippen LogP contribution < -0.4 is 0 Å². The van der Waals surface area contributed by atoms with Gasteiger partial charge < -0.3 is 9.57 Å². The first-order valence-electron chi connectivity index (χ1n) is 6.91. The molecule has 0 saturated carbocycles. The van der Waals surface area contributed by atoms with Crippen molar-refractivity contribution in [1.82, 2.24) is 5.06 Å². The zero-order valence-corrected chi connectivity index (χ0v) is 13.5. The van der Waals surface area contributed by atoms with Crippen LogP contribution in [0.2, 0.25) is 0 Å². The smallest absolute Gasteiger partial charge is 0.443 e. The Hall–Kier alpha value is -1.52. The van der Waals surface area contributed by atoms with Crippen LogP contribution in [0.25, 0.3) is 0 Å². The zero-order chi connectivity index (χ0) is 16.0. The Bertz CT molecular complexity index is 361. The molecule has 0 N–H and O–H groups in total. The summed E-state index contributed by atoms with van der Waals surface area (Å²) in [5.74, 6) is -0.680. The lowest BCUT2D eigenvalue weighted by molar-refractivity contribution is -0.200. The second-order valence-electron chi connectivity index (χ2n) is 6.11. The minimum atomic E-state index is -0.680. The average molecular weight is 285 g/mol. The lowest BCUT2D eigenvalue weighted by Crippen LogP contribution is -2.50. The van der Waals surface area contributed by atoms with E-state index >= 15 is 0 Å². The molecule has 0 aromatic heterocycles. The highest BCUT2D eigenvalue weighted by Gasteiger charge is 2.39. The maximum absolute atomic E-state index is 12.0. The Morgan fingerprint density at radius 1 is 1.20 bits per heavy atom. The maximum atomic E-state index is 12.0. The van der Waals surface area contributed by atoms with Gasteiger partial charge in [0.25, 0.3) is 0 Å². The van der Waals surface area contributed by atoms with Gasteiger partial charge in [0.2, 0.25) is 0 Å². The average Bonchev–Trinajstić information content (AvgIpc) is 2.34. The number of carbonyl (C=O) groups excluding carboxylic acids is 2. The van der Waals surface area contributed by atoms with E-state index in [0.717, 1.165) is 17.6 Å². The van der Waals surface area contributed by atoms with Crippen LogP contribution in [0, 0.1) is 5.41 Å². The third-order valence-corrected chi connectivity index (χ3v) is 3.20. The molecule has 0 bridgehead atoms. The quantitative estimate of drug-likeness (QED) is 0.551. The van der Waals surface area contributed by atoms with E-state index in [1.807, 2.05) is 13.8 Å². The molecule has 0 atom stereocenters. The van der Waals surface area contributed by atoms with Crippen molar-refractivity contribution >= 4 is 12.1 Å². The van der Waals surface area contributed by atoms with Crippen molar-refractivity contribution < 1.29 is 19.2 Å². The van der Waals surface area contributed by atoms with Gasteiger partial charge in [-0.05, 0) is 32.6 Å². The molecule has 20 heavy (non-hydrogen) atoms. The van der Waals surface area contributed by atoms with E-state index in [2.05, 4.69) is 27.4 Å². The normalized spacial score (nSPS) is 11.7. The van der Waals surface area contributed by atoms with E-state index in [4.69, 9.17) is 9.57 Å². The fourth-order valence-corrected chi connectivity index (χ4v) is 2.09. The fourth-order valence-electron chi connectivity index (χ4n) is 2.09. The van der Waals surface area contributed by atoms with Crippen LogP contribution in [0.4, 0.5) is 4.79 Å². The number of ether oxygens (including phenoxy) is 1. The maximum Gasteiger partial charge on any atom is 0.443 e. The third-order valence-electron chi connectivity index (χ3n) is 3.20. The van der Waals surface area contributed by atoms with Crippen molar-refractivity contribution in [1.29, 1.82) is 0 Å². The monoisotopic (exact) mass is 285 g/mol. The Labute approximate surface area is 121 Å². The van der Waals surface area contributed by atoms with E-state index < -0.39 is 17.6 Å². The number of hydroxylamine groups is 2. The lowest BCUT2D eigenvalue weighted by Gasteiger charge is -2.40. The summed E-state index contributed by atoms with van der Waals surface area (Å²) >= 11 is 0. The van der Waals surface area contributed by atoms with E-state index in [1.165, 1.54) is 0 Å². The molecule has 5 nitrogen and oxygen atoms in total. The second kappa shape index (κ2) is 7.31. The van der Waals surface area contributed by atoms with E-state index in [0.29, 0.717) is 6.42 Å². The molecule has 0 unspecified atom stereocenters. The van der Waals surface area contributed by atoms with E-state index in [-0.39, 0.29) is 12.0 Å². The number of nitrogens with zero attached hydrogens (tertiary/aromatic N) is 1. The van der Waals surface area contributed by atoms with Crippen molar-refractivity contribution in [3.05, 3.63) is 12.7 Å². The van der Waals surface area contributed by atoms with Crippen LogP contribution in [-0.2, 0) is 14.4 Å². The van der Waals surface area contributed by atoms with Gasteiger partial charge in [0.15, 0.2) is 0 Å². The minimum Gasteiger partial charge on any atom is -0.448 e. The molecule has 5 heteroatoms. The first kappa shape index (κ1) is 18.5. The molecule has 0 heterocycles. The molecule has 0 radical (unpaired) electrons. The number of rotatable bonds is 6. The Balaban J connectivity index is 5.21. The van der Waals surface area contributed by atoms with Gasteiger partial charge in [0, 0.05) is 6.08 Å². The van der Waals surface area contributed by atoms with Crippen molar-refractivity contribution in [3.8, 4) is 0 Å². The molecule has 0 aliphatic carbocycles. The molecule has 0 aromatic carbocycles. The molecule has 0 aliphatic rings. The van der Waals surface area contributed by atoms with Crippen LogP contribution in [0.15, 0.2) is 12.7 Å². The van der Waals surface area contributed by atoms with Gasteiger partial charge in [-0.2, -0.15) is 0 Å². The minimum absolute atomic E-state index is 0.00876. The van der Waals surface area contributed by atoms with Crippen molar-refractivity contribution in [2.45, 2.75) is 59.9 Å². The van der Waals surface area contributed by atoms with Gasteiger partial charge in [-0.1, -0.05) is 33.8 Å². The van der Waals surface area contributed by atoms with Crippen LogP contribution in [-0.4, -0.2) is 29.3 Å². The molecule has 0 aromatic rings. The highest BCUT2D eigenvalue weighted by molar-refractivity contribution is 5.82. The predicted octanol–water partition coefficient (Wildman–Crippen LogP) is 3.69. The number of amides is 1. The van der Waals surface area contributed by atoms with Crippen molar-refractivity contribution in [2.24, 2.45) is 5.41 Å². The molecule has 116 valence electrons. The first-order chi connectivity index (χ1) is 9.09. The van der Waals surface area contributed by atoms with Gasteiger partial charge in [-0.25, -0.2) is 9.59 Å². The highest BCUT2D eigenvalue weighted by atomic mass is 16.8. The third kappa shape index (κ3) is 5.63. The highest BCUT2D eigenvalue weighted by Crippen LogP contribution is 2.34. The SMILES string of the molecule is C=CC(=O)ON(C(=O)OCC)C(C)(C)CC(C)(C)CC. The molecule has 0 saturated heterocycles. The van der Waals surface area contributed by atoms with Gasteiger partial charge in [-0.3, -0.25) is 0 Å². The summed E-state index contributed by atoms with van der Waals surface area (Å²) in [6.07, 6.45) is 1.97. The van der Waals surface area contributed by atoms with Gasteiger partial charge >= 0.3 is 12.1 Å². The molecule has 0 spiro atoms. The Morgan fingerprint density at radius 2 is 1.75 bits per heavy atom. The van der Waals surface area contributed by atoms with Gasteiger partial charge in [0.05, 0.1) is 12.1 Å². The molecule has 0 fully saturated rings. The summed E-state index contributed by atoms with van der Waals surface area (Å²) in [5, 5.41) is 1.01. The first-order valence-corrected chi connectivity index (χ1v) is 6.91. The topological polar surface area (TPSA) is 55.8 Å². The van der Waals surface area contributed by atoms with E-state index in [1.54, 1.807) is 6.92 Å². The summed E-state index contributed by atoms with van der Waals surface area (Å²) in [6.45, 7) is 15.2. The number of carbonyl (C=O) groups is 2. The summed E-state index contributed by atoms with van der Waals surface area (Å²) in [7, 11) is 0. The molecule has 0 aliphatic heterocycles. The Morgan fingerprint density at radius 3 is 2.15 bits per heavy atom. The fraction of sp³-hybridized carbons (Fsp3) is 0.733. The number of hydrogen-bond donors (Lipinski definition) is 0. The molecule has 0 rings (SSSR count). The second-order valence-corrected chi connectivity index (χ2v) is 6.11. The van der Waals surface area contributed by atoms with E-state index in [9.17, 15) is 9.59 Å². The Kier molecular flexibility index (Phi) is 6.76. The summed E-state index contributed by atoms with van der Waals surface area (Å²) in [5.41, 5.74) is -0.667. The lowest BCUT2D eigenvalue weighted by atomic mass is 9.78. The molecule has 1 amide bonds. The van der Waals surface area contributed by atoms with Crippen molar-refractivity contribution in [2.75, 3.05) is 6.61 Å². The summed E-state index contributed by atoms with van der Waals surface area (Å²) < 4.78 is 4.96. The zero-order valence-electron chi connectivity index (χ0n) is 13.5. The molecular formula is C15H27NO4. The number of hydrogen-bond acceptors (Lipinski definition) is 4. The van der Waals surface area contributed by atoms with Gasteiger partial charge in [0.1, 0.15) is 0 Å². The standard InChI is InChI=1S/C15H27NO4/c1-8-12(17)20-16(13(18)19-10-3)15(6,7)11-14(4,5)9-2/h8H,1,9-11H2,2-7H3. The van der Waals surface area contributed by atoms with Crippen molar-refractivity contribution in [3.63, 3.8) is 0 Å². The predicted molar refractivity (Wildman–Crippen MR) is 77.9 cm³/mol.